The van der Waals surface area contributed by atoms with Gasteiger partial charge in [0.1, 0.15) is 4.90 Å². The molecular formula is C27H18ClNO2S. The second kappa shape index (κ2) is 8.23. The summed E-state index contributed by atoms with van der Waals surface area (Å²) < 4.78 is 28.2. The van der Waals surface area contributed by atoms with E-state index in [1.807, 2.05) is 66.7 Å². The van der Waals surface area contributed by atoms with E-state index in [9.17, 15) is 8.42 Å². The minimum absolute atomic E-state index is 0.177. The number of hydrogen-bond acceptors (Lipinski definition) is 3. The van der Waals surface area contributed by atoms with Crippen LogP contribution in [0.2, 0.25) is 5.02 Å². The van der Waals surface area contributed by atoms with Gasteiger partial charge in [-0.25, -0.2) is 13.4 Å². The third kappa shape index (κ3) is 3.58. The molecule has 0 amide bonds. The van der Waals surface area contributed by atoms with Crippen LogP contribution in [0.4, 0.5) is 0 Å². The molecule has 0 N–H and O–H groups in total. The number of sulfone groups is 1. The first-order valence-corrected chi connectivity index (χ1v) is 12.0. The van der Waals surface area contributed by atoms with Crippen molar-refractivity contribution in [3.05, 3.63) is 114 Å². The fourth-order valence-corrected chi connectivity index (χ4v) is 5.72. The summed E-state index contributed by atoms with van der Waals surface area (Å²) in [4.78, 5) is 5.22. The molecule has 5 aromatic rings. The Labute approximate surface area is 191 Å². The van der Waals surface area contributed by atoms with E-state index in [-0.39, 0.29) is 9.79 Å². The van der Waals surface area contributed by atoms with E-state index in [0.29, 0.717) is 27.2 Å². The fourth-order valence-electron chi connectivity index (χ4n) is 3.88. The Morgan fingerprint density at radius 3 is 1.84 bits per heavy atom. The van der Waals surface area contributed by atoms with E-state index in [0.717, 1.165) is 11.1 Å². The van der Waals surface area contributed by atoms with Crippen LogP contribution in [0, 0.1) is 0 Å². The van der Waals surface area contributed by atoms with Gasteiger partial charge in [-0.3, -0.25) is 0 Å². The highest BCUT2D eigenvalue weighted by Gasteiger charge is 2.29. The van der Waals surface area contributed by atoms with Crippen LogP contribution >= 0.6 is 11.6 Å². The van der Waals surface area contributed by atoms with Crippen LogP contribution < -0.4 is 0 Å². The van der Waals surface area contributed by atoms with E-state index in [4.69, 9.17) is 16.6 Å². The average Bonchev–Trinajstić information content (AvgIpc) is 2.84. The zero-order chi connectivity index (χ0) is 22.1. The first-order valence-electron chi connectivity index (χ1n) is 10.1. The lowest BCUT2D eigenvalue weighted by molar-refractivity contribution is 0.596. The maximum Gasteiger partial charge on any atom is 0.209 e. The van der Waals surface area contributed by atoms with Gasteiger partial charge in [0, 0.05) is 21.5 Å². The van der Waals surface area contributed by atoms with Crippen molar-refractivity contribution >= 4 is 32.3 Å². The van der Waals surface area contributed by atoms with Crippen LogP contribution in [0.1, 0.15) is 0 Å². The molecule has 4 aromatic carbocycles. The van der Waals surface area contributed by atoms with Gasteiger partial charge >= 0.3 is 0 Å². The molecule has 156 valence electrons. The smallest absolute Gasteiger partial charge is 0.209 e. The first-order chi connectivity index (χ1) is 15.6. The number of aromatic nitrogens is 1. The number of benzene rings is 4. The summed E-state index contributed by atoms with van der Waals surface area (Å²) >= 11 is 6.34. The number of fused-ring (bicyclic) bond motifs is 1. The van der Waals surface area contributed by atoms with Gasteiger partial charge in [0.05, 0.1) is 16.1 Å². The van der Waals surface area contributed by atoms with Crippen molar-refractivity contribution in [2.45, 2.75) is 9.79 Å². The van der Waals surface area contributed by atoms with Gasteiger partial charge in [-0.2, -0.15) is 0 Å². The van der Waals surface area contributed by atoms with E-state index in [1.165, 1.54) is 0 Å². The van der Waals surface area contributed by atoms with Crippen LogP contribution in [-0.4, -0.2) is 13.4 Å². The lowest BCUT2D eigenvalue weighted by atomic mass is 9.98. The molecule has 0 aliphatic carbocycles. The lowest BCUT2D eigenvalue weighted by Crippen LogP contribution is -2.08. The van der Waals surface area contributed by atoms with Gasteiger partial charge in [0.2, 0.25) is 9.84 Å². The van der Waals surface area contributed by atoms with Crippen LogP contribution in [0.3, 0.4) is 0 Å². The largest absolute Gasteiger partial charge is 0.246 e. The first kappa shape index (κ1) is 20.4. The Bertz CT molecular complexity index is 1520. The van der Waals surface area contributed by atoms with Crippen LogP contribution in [0.5, 0.6) is 0 Å². The SMILES string of the molecule is O=S(=O)(c1ccccc1)c1c(-c2ccccc2)nc2ccc(Cl)cc2c1-c1ccccc1. The summed E-state index contributed by atoms with van der Waals surface area (Å²) in [6.07, 6.45) is 0. The number of hydrogen-bond donors (Lipinski definition) is 0. The Kier molecular flexibility index (Phi) is 5.25. The minimum atomic E-state index is -3.91. The topological polar surface area (TPSA) is 47.0 Å². The molecule has 0 radical (unpaired) electrons. The molecule has 0 atom stereocenters. The summed E-state index contributed by atoms with van der Waals surface area (Å²) in [5.41, 5.74) is 3.22. The highest BCUT2D eigenvalue weighted by Crippen LogP contribution is 2.42. The van der Waals surface area contributed by atoms with Crippen molar-refractivity contribution in [2.75, 3.05) is 0 Å². The highest BCUT2D eigenvalue weighted by atomic mass is 35.5. The molecule has 1 heterocycles. The zero-order valence-electron chi connectivity index (χ0n) is 16.9. The van der Waals surface area contributed by atoms with Crippen LogP contribution in [0.25, 0.3) is 33.3 Å². The zero-order valence-corrected chi connectivity index (χ0v) is 18.5. The highest BCUT2D eigenvalue weighted by molar-refractivity contribution is 7.91. The molecule has 0 fully saturated rings. The molecule has 0 saturated heterocycles. The summed E-state index contributed by atoms with van der Waals surface area (Å²) in [6.45, 7) is 0. The quantitative estimate of drug-likeness (QED) is 0.291. The summed E-state index contributed by atoms with van der Waals surface area (Å²) in [5, 5.41) is 1.21. The second-order valence-electron chi connectivity index (χ2n) is 7.37. The molecule has 0 unspecified atom stereocenters. The van der Waals surface area contributed by atoms with Crippen LogP contribution in [-0.2, 0) is 9.84 Å². The van der Waals surface area contributed by atoms with Crippen molar-refractivity contribution in [3.8, 4) is 22.4 Å². The third-order valence-corrected chi connectivity index (χ3v) is 7.40. The molecule has 0 aliphatic heterocycles. The molecule has 0 saturated carbocycles. The normalized spacial score (nSPS) is 11.5. The Morgan fingerprint density at radius 1 is 0.656 bits per heavy atom. The summed E-state index contributed by atoms with van der Waals surface area (Å²) in [7, 11) is -3.91. The van der Waals surface area contributed by atoms with Gasteiger partial charge in [-0.15, -0.1) is 0 Å². The van der Waals surface area contributed by atoms with Crippen LogP contribution in [0.15, 0.2) is 119 Å². The van der Waals surface area contributed by atoms with Crippen molar-refractivity contribution in [3.63, 3.8) is 0 Å². The van der Waals surface area contributed by atoms with Crippen molar-refractivity contribution in [2.24, 2.45) is 0 Å². The predicted molar refractivity (Wildman–Crippen MR) is 130 cm³/mol. The van der Waals surface area contributed by atoms with Gasteiger partial charge in [0.15, 0.2) is 0 Å². The molecule has 5 rings (SSSR count). The number of pyridine rings is 1. The molecule has 5 heteroatoms. The van der Waals surface area contributed by atoms with Crippen molar-refractivity contribution in [1.29, 1.82) is 0 Å². The number of nitrogens with zero attached hydrogens (tertiary/aromatic N) is 1. The molecule has 0 aliphatic rings. The average molecular weight is 456 g/mol. The molecule has 32 heavy (non-hydrogen) atoms. The Balaban J connectivity index is 2.00. The van der Waals surface area contributed by atoms with E-state index < -0.39 is 9.84 Å². The summed E-state index contributed by atoms with van der Waals surface area (Å²) in [6, 6.07) is 32.8. The molecule has 1 aromatic heterocycles. The van der Waals surface area contributed by atoms with Gasteiger partial charge in [-0.05, 0) is 35.9 Å². The fraction of sp³-hybridized carbons (Fsp3) is 0. The minimum Gasteiger partial charge on any atom is -0.246 e. The Morgan fingerprint density at radius 2 is 1.22 bits per heavy atom. The predicted octanol–water partition coefficient (Wildman–Crippen LogP) is 7.06. The third-order valence-electron chi connectivity index (χ3n) is 5.33. The van der Waals surface area contributed by atoms with Gasteiger partial charge < -0.3 is 0 Å². The van der Waals surface area contributed by atoms with Crippen molar-refractivity contribution < 1.29 is 8.42 Å². The Hall–Kier alpha value is -3.47. The monoisotopic (exact) mass is 455 g/mol. The maximum absolute atomic E-state index is 14.1. The molecule has 0 bridgehead atoms. The molecule has 3 nitrogen and oxygen atoms in total. The van der Waals surface area contributed by atoms with E-state index >= 15 is 0 Å². The lowest BCUT2D eigenvalue weighted by Gasteiger charge is -2.18. The van der Waals surface area contributed by atoms with E-state index in [2.05, 4.69) is 0 Å². The molecular weight excluding hydrogens is 438 g/mol. The standard InChI is InChI=1S/C27H18ClNO2S/c28-21-16-17-24-23(18-21)25(19-10-4-1-5-11-19)27(26(29-24)20-12-6-2-7-13-20)32(30,31)22-14-8-3-9-15-22/h1-18H. The number of halogens is 1. The van der Waals surface area contributed by atoms with Gasteiger partial charge in [0.25, 0.3) is 0 Å². The van der Waals surface area contributed by atoms with Gasteiger partial charge in [-0.1, -0.05) is 90.5 Å². The number of rotatable bonds is 4. The van der Waals surface area contributed by atoms with Crippen molar-refractivity contribution in [1.82, 2.24) is 4.98 Å². The van der Waals surface area contributed by atoms with E-state index in [1.54, 1.807) is 42.5 Å². The maximum atomic E-state index is 14.1. The molecule has 0 spiro atoms. The summed E-state index contributed by atoms with van der Waals surface area (Å²) in [5.74, 6) is 0. The second-order valence-corrected chi connectivity index (χ2v) is 9.70.